The molecule has 0 spiro atoms. The predicted octanol–water partition coefficient (Wildman–Crippen LogP) is 4.02. The van der Waals surface area contributed by atoms with Crippen molar-refractivity contribution in [2.45, 2.75) is 44.2 Å². The van der Waals surface area contributed by atoms with Crippen LogP contribution in [0.2, 0.25) is 0 Å². The molecule has 1 fully saturated rings. The maximum absolute atomic E-state index is 10.2. The van der Waals surface area contributed by atoms with Crippen LogP contribution in [0.5, 0.6) is 5.75 Å². The summed E-state index contributed by atoms with van der Waals surface area (Å²) in [6.45, 7) is 0.905. The second-order valence-corrected chi connectivity index (χ2v) is 6.57. The Morgan fingerprint density at radius 1 is 0.958 bits per heavy atom. The van der Waals surface area contributed by atoms with Gasteiger partial charge in [0.1, 0.15) is 18.5 Å². The van der Waals surface area contributed by atoms with Gasteiger partial charge in [0.25, 0.3) is 0 Å². The molecule has 0 radical (unpaired) electrons. The zero-order chi connectivity index (χ0) is 16.6. The maximum atomic E-state index is 10.2. The van der Waals surface area contributed by atoms with Crippen LogP contribution < -0.4 is 10.1 Å². The smallest absolute Gasteiger partial charge is 0.127 e. The van der Waals surface area contributed by atoms with E-state index in [0.717, 1.165) is 16.9 Å². The van der Waals surface area contributed by atoms with E-state index in [4.69, 9.17) is 4.74 Å². The third kappa shape index (κ3) is 4.83. The summed E-state index contributed by atoms with van der Waals surface area (Å²) in [6.07, 6.45) is 5.91. The molecule has 0 amide bonds. The third-order valence-electron chi connectivity index (χ3n) is 4.65. The molecule has 2 aromatic rings. The number of aliphatic hydroxyl groups is 1. The summed E-state index contributed by atoms with van der Waals surface area (Å²) < 4.78 is 5.90. The second kappa shape index (κ2) is 8.86. The molecule has 24 heavy (non-hydrogen) atoms. The van der Waals surface area contributed by atoms with Crippen molar-refractivity contribution >= 4 is 0 Å². The number of ether oxygens (including phenoxy) is 1. The lowest BCUT2D eigenvalue weighted by Crippen LogP contribution is -2.39. The molecule has 0 bridgehead atoms. The lowest BCUT2D eigenvalue weighted by molar-refractivity contribution is 0.102. The summed E-state index contributed by atoms with van der Waals surface area (Å²) >= 11 is 0. The van der Waals surface area contributed by atoms with Gasteiger partial charge in [0.2, 0.25) is 0 Å². The van der Waals surface area contributed by atoms with Crippen LogP contribution in [0.3, 0.4) is 0 Å². The SMILES string of the molecule is O[C@H](CNC1CCCCC1)COc1ccccc1-c1ccccc1. The molecule has 128 valence electrons. The minimum Gasteiger partial charge on any atom is -0.490 e. The molecule has 3 nitrogen and oxygen atoms in total. The number of aliphatic hydroxyl groups excluding tert-OH is 1. The van der Waals surface area contributed by atoms with E-state index in [1.807, 2.05) is 36.4 Å². The van der Waals surface area contributed by atoms with E-state index in [2.05, 4.69) is 23.5 Å². The molecule has 0 saturated heterocycles. The fourth-order valence-electron chi connectivity index (χ4n) is 3.30. The molecule has 2 aromatic carbocycles. The number of hydrogen-bond donors (Lipinski definition) is 2. The molecule has 1 atom stereocenters. The maximum Gasteiger partial charge on any atom is 0.127 e. The molecule has 0 unspecified atom stereocenters. The quantitative estimate of drug-likeness (QED) is 0.808. The van der Waals surface area contributed by atoms with Gasteiger partial charge < -0.3 is 15.2 Å². The van der Waals surface area contributed by atoms with Gasteiger partial charge in [-0.05, 0) is 24.5 Å². The van der Waals surface area contributed by atoms with Gasteiger partial charge in [-0.3, -0.25) is 0 Å². The highest BCUT2D eigenvalue weighted by Crippen LogP contribution is 2.29. The standard InChI is InChI=1S/C21H27NO2/c23-19(15-22-18-11-5-2-6-12-18)16-24-21-14-8-7-13-20(21)17-9-3-1-4-10-17/h1,3-4,7-10,13-14,18-19,22-23H,2,5-6,11-12,15-16H2/t19-/m1/s1. The zero-order valence-electron chi connectivity index (χ0n) is 14.2. The first-order chi connectivity index (χ1) is 11.8. The van der Waals surface area contributed by atoms with Gasteiger partial charge in [0, 0.05) is 18.2 Å². The number of rotatable bonds is 7. The molecule has 0 aromatic heterocycles. The van der Waals surface area contributed by atoms with Crippen LogP contribution in [0, 0.1) is 0 Å². The second-order valence-electron chi connectivity index (χ2n) is 6.57. The van der Waals surface area contributed by atoms with Gasteiger partial charge in [-0.15, -0.1) is 0 Å². The van der Waals surface area contributed by atoms with Crippen molar-refractivity contribution in [3.8, 4) is 16.9 Å². The fraction of sp³-hybridized carbons (Fsp3) is 0.429. The van der Waals surface area contributed by atoms with Crippen LogP contribution >= 0.6 is 0 Å². The predicted molar refractivity (Wildman–Crippen MR) is 98.3 cm³/mol. The Hall–Kier alpha value is -1.84. The van der Waals surface area contributed by atoms with Crippen molar-refractivity contribution in [3.05, 3.63) is 54.6 Å². The Morgan fingerprint density at radius 2 is 1.67 bits per heavy atom. The van der Waals surface area contributed by atoms with Gasteiger partial charge in [-0.1, -0.05) is 67.8 Å². The summed E-state index contributed by atoms with van der Waals surface area (Å²) in [4.78, 5) is 0. The van der Waals surface area contributed by atoms with Crippen molar-refractivity contribution in [2.75, 3.05) is 13.2 Å². The highest BCUT2D eigenvalue weighted by atomic mass is 16.5. The Kier molecular flexibility index (Phi) is 6.27. The minimum atomic E-state index is -0.490. The Morgan fingerprint density at radius 3 is 2.46 bits per heavy atom. The molecular weight excluding hydrogens is 298 g/mol. The van der Waals surface area contributed by atoms with Crippen molar-refractivity contribution in [3.63, 3.8) is 0 Å². The van der Waals surface area contributed by atoms with Crippen molar-refractivity contribution < 1.29 is 9.84 Å². The molecule has 0 heterocycles. The molecule has 1 saturated carbocycles. The van der Waals surface area contributed by atoms with Crippen LogP contribution in [0.15, 0.2) is 54.6 Å². The van der Waals surface area contributed by atoms with Gasteiger partial charge >= 0.3 is 0 Å². The van der Waals surface area contributed by atoms with Gasteiger partial charge in [0.05, 0.1) is 0 Å². The van der Waals surface area contributed by atoms with Crippen LogP contribution in [0.4, 0.5) is 0 Å². The number of para-hydroxylation sites is 1. The highest BCUT2D eigenvalue weighted by Gasteiger charge is 2.15. The van der Waals surface area contributed by atoms with E-state index >= 15 is 0 Å². The van der Waals surface area contributed by atoms with E-state index in [1.165, 1.54) is 32.1 Å². The molecule has 2 N–H and O–H groups in total. The zero-order valence-corrected chi connectivity index (χ0v) is 14.2. The topological polar surface area (TPSA) is 41.5 Å². The summed E-state index contributed by atoms with van der Waals surface area (Å²) in [5, 5.41) is 13.7. The number of nitrogens with one attached hydrogen (secondary N) is 1. The normalized spacial score (nSPS) is 16.7. The lowest BCUT2D eigenvalue weighted by Gasteiger charge is -2.24. The third-order valence-corrected chi connectivity index (χ3v) is 4.65. The first-order valence-corrected chi connectivity index (χ1v) is 9.01. The first kappa shape index (κ1) is 17.0. The monoisotopic (exact) mass is 325 g/mol. The Bertz CT molecular complexity index is 608. The van der Waals surface area contributed by atoms with E-state index in [0.29, 0.717) is 19.2 Å². The minimum absolute atomic E-state index is 0.309. The highest BCUT2D eigenvalue weighted by molar-refractivity contribution is 5.70. The Labute approximate surface area is 144 Å². The average Bonchev–Trinajstić information content (AvgIpc) is 2.66. The molecule has 3 rings (SSSR count). The van der Waals surface area contributed by atoms with Gasteiger partial charge in [0.15, 0.2) is 0 Å². The summed E-state index contributed by atoms with van der Waals surface area (Å²) in [7, 11) is 0. The average molecular weight is 325 g/mol. The van der Waals surface area contributed by atoms with Crippen LogP contribution in [-0.2, 0) is 0 Å². The van der Waals surface area contributed by atoms with E-state index in [9.17, 15) is 5.11 Å². The molecule has 3 heteroatoms. The number of benzene rings is 2. The largest absolute Gasteiger partial charge is 0.490 e. The van der Waals surface area contributed by atoms with Crippen molar-refractivity contribution in [1.29, 1.82) is 0 Å². The van der Waals surface area contributed by atoms with Crippen LogP contribution in [0.25, 0.3) is 11.1 Å². The van der Waals surface area contributed by atoms with Gasteiger partial charge in [-0.2, -0.15) is 0 Å². The van der Waals surface area contributed by atoms with Crippen LogP contribution in [-0.4, -0.2) is 30.4 Å². The molecule has 0 aliphatic heterocycles. The fourth-order valence-corrected chi connectivity index (χ4v) is 3.30. The molecular formula is C21H27NO2. The Balaban J connectivity index is 1.53. The van der Waals surface area contributed by atoms with Gasteiger partial charge in [-0.25, -0.2) is 0 Å². The summed E-state index contributed by atoms with van der Waals surface area (Å²) in [5.74, 6) is 0.820. The van der Waals surface area contributed by atoms with Crippen molar-refractivity contribution in [2.24, 2.45) is 0 Å². The van der Waals surface area contributed by atoms with E-state index in [1.54, 1.807) is 0 Å². The molecule has 1 aliphatic carbocycles. The van der Waals surface area contributed by atoms with Crippen LogP contribution in [0.1, 0.15) is 32.1 Å². The van der Waals surface area contributed by atoms with Crippen molar-refractivity contribution in [1.82, 2.24) is 5.32 Å². The van der Waals surface area contributed by atoms with E-state index < -0.39 is 6.10 Å². The first-order valence-electron chi connectivity index (χ1n) is 9.01. The summed E-state index contributed by atoms with van der Waals surface area (Å²) in [5.41, 5.74) is 2.19. The molecule has 1 aliphatic rings. The lowest BCUT2D eigenvalue weighted by atomic mass is 9.95. The number of hydrogen-bond acceptors (Lipinski definition) is 3. The van der Waals surface area contributed by atoms with E-state index in [-0.39, 0.29) is 0 Å². The summed E-state index contributed by atoms with van der Waals surface area (Å²) in [6, 6.07) is 18.8.